The second-order valence-corrected chi connectivity index (χ2v) is 5.77. The van der Waals surface area contributed by atoms with Crippen molar-refractivity contribution in [1.29, 1.82) is 0 Å². The van der Waals surface area contributed by atoms with E-state index in [9.17, 15) is 5.11 Å². The van der Waals surface area contributed by atoms with Gasteiger partial charge in [-0.05, 0) is 49.9 Å². The summed E-state index contributed by atoms with van der Waals surface area (Å²) in [5.41, 5.74) is 4.64. The highest BCUT2D eigenvalue weighted by Crippen LogP contribution is 2.27. The Balaban J connectivity index is 2.08. The van der Waals surface area contributed by atoms with Crippen LogP contribution in [0.1, 0.15) is 55.1 Å². The van der Waals surface area contributed by atoms with Crippen molar-refractivity contribution >= 4 is 0 Å². The van der Waals surface area contributed by atoms with Crippen molar-refractivity contribution in [2.75, 3.05) is 0 Å². The van der Waals surface area contributed by atoms with Crippen LogP contribution in [0.5, 0.6) is 5.75 Å². The fourth-order valence-electron chi connectivity index (χ4n) is 2.62. The van der Waals surface area contributed by atoms with Crippen LogP contribution in [0.25, 0.3) is 0 Å². The average Bonchev–Trinajstić information content (AvgIpc) is 2.47. The molecule has 0 aliphatic rings. The summed E-state index contributed by atoms with van der Waals surface area (Å²) in [6.45, 7) is 8.39. The van der Waals surface area contributed by atoms with E-state index >= 15 is 0 Å². The molecular formula is C19H25NO. The monoisotopic (exact) mass is 283 g/mol. The number of aromatic hydroxyl groups is 1. The van der Waals surface area contributed by atoms with Gasteiger partial charge in [-0.25, -0.2) is 0 Å². The van der Waals surface area contributed by atoms with Gasteiger partial charge in [0.1, 0.15) is 5.75 Å². The molecule has 0 aliphatic heterocycles. The molecule has 0 radical (unpaired) electrons. The Morgan fingerprint density at radius 1 is 1.00 bits per heavy atom. The van der Waals surface area contributed by atoms with Crippen molar-refractivity contribution in [1.82, 2.24) is 5.32 Å². The zero-order valence-electron chi connectivity index (χ0n) is 13.4. The van der Waals surface area contributed by atoms with Crippen molar-refractivity contribution in [2.24, 2.45) is 0 Å². The van der Waals surface area contributed by atoms with Gasteiger partial charge in [-0.1, -0.05) is 43.3 Å². The first kappa shape index (κ1) is 15.6. The number of phenols is 1. The van der Waals surface area contributed by atoms with Crippen LogP contribution >= 0.6 is 0 Å². The van der Waals surface area contributed by atoms with Gasteiger partial charge in [-0.15, -0.1) is 0 Å². The van der Waals surface area contributed by atoms with E-state index in [2.05, 4.69) is 50.4 Å². The van der Waals surface area contributed by atoms with Crippen LogP contribution in [0, 0.1) is 6.92 Å². The highest BCUT2D eigenvalue weighted by atomic mass is 16.3. The summed E-state index contributed by atoms with van der Waals surface area (Å²) < 4.78 is 0. The fourth-order valence-corrected chi connectivity index (χ4v) is 2.62. The maximum atomic E-state index is 10.1. The van der Waals surface area contributed by atoms with Crippen LogP contribution in [0.15, 0.2) is 42.5 Å². The number of rotatable bonds is 5. The average molecular weight is 283 g/mol. The van der Waals surface area contributed by atoms with Gasteiger partial charge in [0.25, 0.3) is 0 Å². The number of phenolic OH excluding ortho intramolecular Hbond substituents is 1. The first-order valence-corrected chi connectivity index (χ1v) is 7.65. The van der Waals surface area contributed by atoms with Crippen molar-refractivity contribution < 1.29 is 5.11 Å². The third kappa shape index (κ3) is 3.85. The number of benzene rings is 2. The lowest BCUT2D eigenvalue weighted by molar-refractivity contribution is 0.438. The van der Waals surface area contributed by atoms with Gasteiger partial charge in [0.2, 0.25) is 0 Å². The third-order valence-corrected chi connectivity index (χ3v) is 4.04. The molecule has 0 spiro atoms. The molecule has 0 bridgehead atoms. The van der Waals surface area contributed by atoms with E-state index in [1.54, 1.807) is 0 Å². The first-order valence-electron chi connectivity index (χ1n) is 7.65. The van der Waals surface area contributed by atoms with E-state index in [1.807, 2.05) is 25.1 Å². The molecule has 2 rings (SSSR count). The molecule has 0 saturated heterocycles. The summed E-state index contributed by atoms with van der Waals surface area (Å²) >= 11 is 0. The zero-order valence-corrected chi connectivity index (χ0v) is 13.4. The molecule has 0 saturated carbocycles. The second kappa shape index (κ2) is 6.77. The number of nitrogens with one attached hydrogen (secondary N) is 1. The first-order chi connectivity index (χ1) is 10.0. The van der Waals surface area contributed by atoms with Crippen LogP contribution < -0.4 is 5.32 Å². The van der Waals surface area contributed by atoms with Crippen LogP contribution in [-0.2, 0) is 6.42 Å². The third-order valence-electron chi connectivity index (χ3n) is 4.04. The van der Waals surface area contributed by atoms with Crippen molar-refractivity contribution in [3.05, 3.63) is 64.7 Å². The van der Waals surface area contributed by atoms with Gasteiger partial charge in [0.05, 0.1) is 0 Å². The molecule has 112 valence electrons. The number of aryl methyl sites for hydroxylation is 2. The van der Waals surface area contributed by atoms with Gasteiger partial charge < -0.3 is 10.4 Å². The minimum Gasteiger partial charge on any atom is -0.508 e. The van der Waals surface area contributed by atoms with Crippen LogP contribution in [0.2, 0.25) is 0 Å². The minimum absolute atomic E-state index is 0.103. The summed E-state index contributed by atoms with van der Waals surface area (Å²) in [5, 5.41) is 13.6. The van der Waals surface area contributed by atoms with E-state index in [4.69, 9.17) is 0 Å². The molecule has 2 aromatic carbocycles. The van der Waals surface area contributed by atoms with Gasteiger partial charge in [0.15, 0.2) is 0 Å². The second-order valence-electron chi connectivity index (χ2n) is 5.77. The Bertz CT molecular complexity index is 589. The zero-order chi connectivity index (χ0) is 15.4. The van der Waals surface area contributed by atoms with Crippen LogP contribution in [-0.4, -0.2) is 5.11 Å². The Morgan fingerprint density at radius 3 is 2.24 bits per heavy atom. The Hall–Kier alpha value is -1.80. The van der Waals surface area contributed by atoms with Gasteiger partial charge in [-0.3, -0.25) is 0 Å². The van der Waals surface area contributed by atoms with Crippen molar-refractivity contribution in [3.8, 4) is 5.75 Å². The molecule has 0 heterocycles. The summed E-state index contributed by atoms with van der Waals surface area (Å²) in [7, 11) is 0. The van der Waals surface area contributed by atoms with E-state index in [0.717, 1.165) is 17.5 Å². The number of hydrogen-bond acceptors (Lipinski definition) is 2. The lowest BCUT2D eigenvalue weighted by atomic mass is 10.0. The maximum absolute atomic E-state index is 10.1. The quantitative estimate of drug-likeness (QED) is 0.835. The summed E-state index contributed by atoms with van der Waals surface area (Å²) in [6, 6.07) is 14.9. The molecule has 2 atom stereocenters. The highest BCUT2D eigenvalue weighted by molar-refractivity contribution is 5.38. The minimum atomic E-state index is 0.103. The smallest absolute Gasteiger partial charge is 0.120 e. The Kier molecular flexibility index (Phi) is 5.03. The molecular weight excluding hydrogens is 258 g/mol. The fraction of sp³-hybridized carbons (Fsp3) is 0.368. The summed E-state index contributed by atoms with van der Waals surface area (Å²) in [5.74, 6) is 0.364. The van der Waals surface area contributed by atoms with E-state index in [1.165, 1.54) is 11.1 Å². The molecule has 2 heteroatoms. The topological polar surface area (TPSA) is 32.3 Å². The lowest BCUT2D eigenvalue weighted by Crippen LogP contribution is -2.22. The van der Waals surface area contributed by atoms with Gasteiger partial charge >= 0.3 is 0 Å². The largest absolute Gasteiger partial charge is 0.508 e. The van der Waals surface area contributed by atoms with Crippen LogP contribution in [0.4, 0.5) is 0 Å². The molecule has 2 nitrogen and oxygen atoms in total. The molecule has 0 fully saturated rings. The van der Waals surface area contributed by atoms with E-state index in [0.29, 0.717) is 5.75 Å². The van der Waals surface area contributed by atoms with Crippen molar-refractivity contribution in [3.63, 3.8) is 0 Å². The van der Waals surface area contributed by atoms with Crippen molar-refractivity contribution in [2.45, 2.75) is 46.2 Å². The molecule has 0 amide bonds. The number of hydrogen-bond donors (Lipinski definition) is 2. The molecule has 2 aromatic rings. The predicted octanol–water partition coefficient (Wildman–Crippen LogP) is 4.67. The standard InChI is InChI=1S/C19H25NO/c1-5-16-7-9-17(10-8-16)14(3)20-15(4)18-11-6-13(2)12-19(18)21/h6-12,14-15,20-21H,5H2,1-4H3. The maximum Gasteiger partial charge on any atom is 0.120 e. The lowest BCUT2D eigenvalue weighted by Gasteiger charge is -2.22. The van der Waals surface area contributed by atoms with Gasteiger partial charge in [-0.2, -0.15) is 0 Å². The normalized spacial score (nSPS) is 13.9. The van der Waals surface area contributed by atoms with E-state index < -0.39 is 0 Å². The molecule has 0 aliphatic carbocycles. The Morgan fingerprint density at radius 2 is 1.67 bits per heavy atom. The van der Waals surface area contributed by atoms with E-state index in [-0.39, 0.29) is 12.1 Å². The SMILES string of the molecule is CCc1ccc(C(C)NC(C)c2ccc(C)cc2O)cc1. The highest BCUT2D eigenvalue weighted by Gasteiger charge is 2.14. The van der Waals surface area contributed by atoms with Gasteiger partial charge in [0, 0.05) is 17.6 Å². The van der Waals surface area contributed by atoms with Crippen LogP contribution in [0.3, 0.4) is 0 Å². The molecule has 2 N–H and O–H groups in total. The molecule has 0 aromatic heterocycles. The summed E-state index contributed by atoms with van der Waals surface area (Å²) in [4.78, 5) is 0. The molecule has 2 unspecified atom stereocenters. The molecule has 21 heavy (non-hydrogen) atoms. The summed E-state index contributed by atoms with van der Waals surface area (Å²) in [6.07, 6.45) is 1.07. The predicted molar refractivity (Wildman–Crippen MR) is 88.6 cm³/mol. The Labute approximate surface area is 127 Å².